The van der Waals surface area contributed by atoms with Crippen LogP contribution in [0, 0.1) is 0 Å². The van der Waals surface area contributed by atoms with Crippen molar-refractivity contribution in [2.75, 3.05) is 20.1 Å². The topological polar surface area (TPSA) is 36.4 Å². The van der Waals surface area contributed by atoms with Crippen molar-refractivity contribution in [1.29, 1.82) is 0 Å². The second-order valence-electron chi connectivity index (χ2n) is 5.98. The smallest absolute Gasteiger partial charge is 0.228 e. The number of likely N-dealkylation sites (N-methyl/N-ethyl adjacent to an activating group) is 1. The molecule has 1 amide bonds. The van der Waals surface area contributed by atoms with E-state index >= 15 is 0 Å². The van der Waals surface area contributed by atoms with Crippen molar-refractivity contribution in [2.24, 2.45) is 0 Å². The van der Waals surface area contributed by atoms with Gasteiger partial charge in [0, 0.05) is 30.5 Å². The molecule has 2 fully saturated rings. The van der Waals surface area contributed by atoms with Gasteiger partial charge in [-0.1, -0.05) is 12.5 Å². The fourth-order valence-corrected chi connectivity index (χ4v) is 3.65. The molecule has 0 saturated carbocycles. The Bertz CT molecular complexity index is 462. The maximum Gasteiger partial charge on any atom is 0.228 e. The molecule has 3 rings (SSSR count). The molecule has 1 aromatic rings. The molecule has 2 atom stereocenters. The number of nitrogens with zero attached hydrogens (tertiary/aromatic N) is 3. The molecule has 0 aromatic carbocycles. The molecule has 0 aliphatic carbocycles. The van der Waals surface area contributed by atoms with E-state index in [0.717, 1.165) is 25.1 Å². The summed E-state index contributed by atoms with van der Waals surface area (Å²) in [6, 6.07) is 6.75. The number of hydrogen-bond acceptors (Lipinski definition) is 3. The molecular weight excluding hydrogens is 250 g/mol. The average Bonchev–Trinajstić information content (AvgIpc) is 2.80. The van der Waals surface area contributed by atoms with E-state index in [9.17, 15) is 4.79 Å². The van der Waals surface area contributed by atoms with Gasteiger partial charge in [0.05, 0.1) is 6.42 Å². The second-order valence-corrected chi connectivity index (χ2v) is 5.98. The third-order valence-electron chi connectivity index (χ3n) is 4.72. The van der Waals surface area contributed by atoms with Crippen molar-refractivity contribution in [3.63, 3.8) is 0 Å². The van der Waals surface area contributed by atoms with E-state index in [1.165, 1.54) is 19.4 Å². The van der Waals surface area contributed by atoms with Crippen LogP contribution in [0.15, 0.2) is 24.4 Å². The van der Waals surface area contributed by atoms with E-state index in [2.05, 4.69) is 21.8 Å². The summed E-state index contributed by atoms with van der Waals surface area (Å²) in [4.78, 5) is 21.4. The summed E-state index contributed by atoms with van der Waals surface area (Å²) < 4.78 is 0. The molecule has 0 unspecified atom stereocenters. The van der Waals surface area contributed by atoms with Gasteiger partial charge in [0.1, 0.15) is 0 Å². The third kappa shape index (κ3) is 2.70. The summed E-state index contributed by atoms with van der Waals surface area (Å²) in [5.41, 5.74) is 0.878. The fourth-order valence-electron chi connectivity index (χ4n) is 3.65. The number of fused-ring (bicyclic) bond motifs is 1. The van der Waals surface area contributed by atoms with Crippen LogP contribution in [0.25, 0.3) is 0 Å². The van der Waals surface area contributed by atoms with Gasteiger partial charge in [0.25, 0.3) is 0 Å². The third-order valence-corrected chi connectivity index (χ3v) is 4.72. The largest absolute Gasteiger partial charge is 0.338 e. The Morgan fingerprint density at radius 3 is 2.95 bits per heavy atom. The number of pyridine rings is 1. The van der Waals surface area contributed by atoms with Crippen molar-refractivity contribution in [3.8, 4) is 0 Å². The Morgan fingerprint density at radius 1 is 1.25 bits per heavy atom. The van der Waals surface area contributed by atoms with Crippen LogP contribution in [0.1, 0.15) is 31.4 Å². The van der Waals surface area contributed by atoms with E-state index < -0.39 is 0 Å². The van der Waals surface area contributed by atoms with Crippen LogP contribution in [0.5, 0.6) is 0 Å². The van der Waals surface area contributed by atoms with Gasteiger partial charge in [0.2, 0.25) is 5.91 Å². The molecule has 3 heterocycles. The van der Waals surface area contributed by atoms with Crippen molar-refractivity contribution < 1.29 is 4.79 Å². The molecule has 0 N–H and O–H groups in total. The summed E-state index contributed by atoms with van der Waals surface area (Å²) in [6.07, 6.45) is 6.96. The van der Waals surface area contributed by atoms with Crippen LogP contribution in [0.2, 0.25) is 0 Å². The quantitative estimate of drug-likeness (QED) is 0.823. The minimum Gasteiger partial charge on any atom is -0.338 e. The number of rotatable bonds is 2. The molecule has 0 radical (unpaired) electrons. The Morgan fingerprint density at radius 2 is 2.15 bits per heavy atom. The molecule has 2 saturated heterocycles. The van der Waals surface area contributed by atoms with Crippen LogP contribution in [-0.2, 0) is 11.2 Å². The number of hydrogen-bond donors (Lipinski definition) is 0. The van der Waals surface area contributed by atoms with Crippen LogP contribution in [0.3, 0.4) is 0 Å². The predicted molar refractivity (Wildman–Crippen MR) is 78.3 cm³/mol. The first-order chi connectivity index (χ1) is 9.75. The van der Waals surface area contributed by atoms with E-state index in [0.29, 0.717) is 18.5 Å². The van der Waals surface area contributed by atoms with Crippen molar-refractivity contribution in [1.82, 2.24) is 14.8 Å². The van der Waals surface area contributed by atoms with Gasteiger partial charge in [-0.25, -0.2) is 0 Å². The highest BCUT2D eigenvalue weighted by Gasteiger charge is 2.39. The van der Waals surface area contributed by atoms with Crippen molar-refractivity contribution in [3.05, 3.63) is 30.1 Å². The fraction of sp³-hybridized carbons (Fsp3) is 0.625. The minimum absolute atomic E-state index is 0.242. The Balaban J connectivity index is 1.69. The number of carbonyl (C=O) groups excluding carboxylic acids is 1. The van der Waals surface area contributed by atoms with Gasteiger partial charge in [-0.15, -0.1) is 0 Å². The molecule has 0 spiro atoms. The highest BCUT2D eigenvalue weighted by atomic mass is 16.2. The monoisotopic (exact) mass is 273 g/mol. The molecule has 0 bridgehead atoms. The average molecular weight is 273 g/mol. The first kappa shape index (κ1) is 13.6. The predicted octanol–water partition coefficient (Wildman–Crippen LogP) is 1.71. The van der Waals surface area contributed by atoms with E-state index in [1.54, 1.807) is 6.20 Å². The first-order valence-electron chi connectivity index (χ1n) is 7.65. The summed E-state index contributed by atoms with van der Waals surface area (Å²) in [5.74, 6) is 0.242. The second kappa shape index (κ2) is 5.92. The lowest BCUT2D eigenvalue weighted by atomic mass is 10.0. The van der Waals surface area contributed by atoms with E-state index in [1.807, 2.05) is 18.2 Å². The first-order valence-corrected chi connectivity index (χ1v) is 7.65. The molecule has 108 valence electrons. The molecular formula is C16H23N3O. The van der Waals surface area contributed by atoms with Crippen LogP contribution in [0.4, 0.5) is 0 Å². The summed E-state index contributed by atoms with van der Waals surface area (Å²) in [5, 5.41) is 0. The minimum atomic E-state index is 0.242. The van der Waals surface area contributed by atoms with Crippen LogP contribution >= 0.6 is 0 Å². The molecule has 2 aliphatic heterocycles. The molecule has 1 aromatic heterocycles. The SMILES string of the molecule is CN1CCCC[C@@H]2[C@H]1CCN2C(=O)Cc1ccccn1. The Hall–Kier alpha value is -1.42. The Labute approximate surface area is 120 Å². The zero-order chi connectivity index (χ0) is 13.9. The molecule has 4 heteroatoms. The zero-order valence-electron chi connectivity index (χ0n) is 12.2. The normalized spacial score (nSPS) is 27.1. The van der Waals surface area contributed by atoms with Gasteiger partial charge in [0.15, 0.2) is 0 Å². The van der Waals surface area contributed by atoms with Gasteiger partial charge < -0.3 is 9.80 Å². The maximum absolute atomic E-state index is 12.6. The zero-order valence-corrected chi connectivity index (χ0v) is 12.2. The van der Waals surface area contributed by atoms with Gasteiger partial charge >= 0.3 is 0 Å². The summed E-state index contributed by atoms with van der Waals surface area (Å²) in [7, 11) is 2.20. The molecule has 4 nitrogen and oxygen atoms in total. The standard InChI is InChI=1S/C16H23N3O/c1-18-10-5-3-7-15-14(18)8-11-19(15)16(20)12-13-6-2-4-9-17-13/h2,4,6,9,14-15H,3,5,7-8,10-12H2,1H3/t14-,15-/m1/s1. The van der Waals surface area contributed by atoms with E-state index in [4.69, 9.17) is 0 Å². The molecule has 2 aliphatic rings. The highest BCUT2D eigenvalue weighted by Crippen LogP contribution is 2.29. The van der Waals surface area contributed by atoms with Gasteiger partial charge in [-0.3, -0.25) is 9.78 Å². The highest BCUT2D eigenvalue weighted by molar-refractivity contribution is 5.79. The lowest BCUT2D eigenvalue weighted by molar-refractivity contribution is -0.131. The van der Waals surface area contributed by atoms with Crippen LogP contribution in [-0.4, -0.2) is 52.9 Å². The maximum atomic E-state index is 12.6. The lowest BCUT2D eigenvalue weighted by Gasteiger charge is -2.30. The van der Waals surface area contributed by atoms with Crippen LogP contribution < -0.4 is 0 Å². The van der Waals surface area contributed by atoms with Crippen molar-refractivity contribution >= 4 is 5.91 Å². The number of carbonyl (C=O) groups is 1. The Kier molecular flexibility index (Phi) is 4.01. The number of aromatic nitrogens is 1. The number of amides is 1. The van der Waals surface area contributed by atoms with Gasteiger partial charge in [-0.2, -0.15) is 0 Å². The summed E-state index contributed by atoms with van der Waals surface area (Å²) >= 11 is 0. The van der Waals surface area contributed by atoms with E-state index in [-0.39, 0.29) is 5.91 Å². The number of likely N-dealkylation sites (tertiary alicyclic amines) is 2. The summed E-state index contributed by atoms with van der Waals surface area (Å²) in [6.45, 7) is 2.08. The van der Waals surface area contributed by atoms with Gasteiger partial charge in [-0.05, 0) is 45.0 Å². The molecule has 20 heavy (non-hydrogen) atoms. The lowest BCUT2D eigenvalue weighted by Crippen LogP contribution is -2.44. The van der Waals surface area contributed by atoms with Crippen molar-refractivity contribution in [2.45, 2.75) is 44.2 Å².